The van der Waals surface area contributed by atoms with Crippen LogP contribution in [0.15, 0.2) is 24.7 Å². The molecule has 0 amide bonds. The minimum Gasteiger partial charge on any atom is -0.504 e. The first-order chi connectivity index (χ1) is 7.77. The number of hydrogen-bond acceptors (Lipinski definition) is 3. The van der Waals surface area contributed by atoms with E-state index in [-0.39, 0.29) is 29.8 Å². The SMILES string of the molecule is Cl.Oc1ccc2c(c1O)CCC2c1c[nH]cn1. The predicted octanol–water partition coefficient (Wildman–Crippen LogP) is 2.32. The molecule has 1 aromatic carbocycles. The highest BCUT2D eigenvalue weighted by atomic mass is 35.5. The number of rotatable bonds is 1. The van der Waals surface area contributed by atoms with Gasteiger partial charge in [0.25, 0.3) is 0 Å². The summed E-state index contributed by atoms with van der Waals surface area (Å²) in [5.74, 6) is 0.213. The number of H-pyrrole nitrogens is 1. The number of nitrogens with zero attached hydrogens (tertiary/aromatic N) is 1. The first-order valence-corrected chi connectivity index (χ1v) is 5.29. The number of benzene rings is 1. The van der Waals surface area contributed by atoms with Gasteiger partial charge in [-0.3, -0.25) is 0 Å². The van der Waals surface area contributed by atoms with Crippen LogP contribution in [0, 0.1) is 0 Å². The molecule has 2 aromatic rings. The third-order valence-electron chi connectivity index (χ3n) is 3.23. The second-order valence-corrected chi connectivity index (χ2v) is 4.09. The van der Waals surface area contributed by atoms with Crippen LogP contribution in [0.3, 0.4) is 0 Å². The van der Waals surface area contributed by atoms with Crippen molar-refractivity contribution in [3.63, 3.8) is 0 Å². The summed E-state index contributed by atoms with van der Waals surface area (Å²) in [5.41, 5.74) is 2.92. The molecule has 1 heterocycles. The van der Waals surface area contributed by atoms with Crippen molar-refractivity contribution in [3.8, 4) is 11.5 Å². The molecule has 0 saturated heterocycles. The molecule has 1 aromatic heterocycles. The van der Waals surface area contributed by atoms with Gasteiger partial charge < -0.3 is 15.2 Å². The number of fused-ring (bicyclic) bond motifs is 1. The minimum absolute atomic E-state index is 0. The summed E-state index contributed by atoms with van der Waals surface area (Å²) >= 11 is 0. The van der Waals surface area contributed by atoms with E-state index in [0.717, 1.165) is 29.7 Å². The van der Waals surface area contributed by atoms with Gasteiger partial charge in [-0.2, -0.15) is 0 Å². The van der Waals surface area contributed by atoms with E-state index >= 15 is 0 Å². The number of phenolic OH excluding ortho intramolecular Hbond substituents is 2. The Morgan fingerprint density at radius 1 is 1.29 bits per heavy atom. The fourth-order valence-electron chi connectivity index (χ4n) is 2.44. The van der Waals surface area contributed by atoms with Gasteiger partial charge in [-0.1, -0.05) is 6.07 Å². The lowest BCUT2D eigenvalue weighted by molar-refractivity contribution is 0.400. The molecule has 0 saturated carbocycles. The van der Waals surface area contributed by atoms with Gasteiger partial charge in [0.1, 0.15) is 0 Å². The van der Waals surface area contributed by atoms with Gasteiger partial charge in [0.05, 0.1) is 12.0 Å². The molecular weight excluding hydrogens is 240 g/mol. The highest BCUT2D eigenvalue weighted by Gasteiger charge is 2.28. The van der Waals surface area contributed by atoms with Gasteiger partial charge >= 0.3 is 0 Å². The first kappa shape index (κ1) is 11.8. The fourth-order valence-corrected chi connectivity index (χ4v) is 2.44. The van der Waals surface area contributed by atoms with Gasteiger partial charge in [-0.15, -0.1) is 12.4 Å². The number of imidazole rings is 1. The van der Waals surface area contributed by atoms with Gasteiger partial charge in [0.2, 0.25) is 0 Å². The summed E-state index contributed by atoms with van der Waals surface area (Å²) in [7, 11) is 0. The number of halogens is 1. The van der Waals surface area contributed by atoms with Gasteiger partial charge in [-0.25, -0.2) is 4.98 Å². The number of hydrogen-bond donors (Lipinski definition) is 3. The molecule has 4 nitrogen and oxygen atoms in total. The molecule has 17 heavy (non-hydrogen) atoms. The maximum atomic E-state index is 9.76. The number of aromatic hydroxyl groups is 2. The van der Waals surface area contributed by atoms with Crippen LogP contribution in [0.5, 0.6) is 11.5 Å². The molecule has 3 N–H and O–H groups in total. The fraction of sp³-hybridized carbons (Fsp3) is 0.250. The second-order valence-electron chi connectivity index (χ2n) is 4.09. The molecule has 0 radical (unpaired) electrons. The van der Waals surface area contributed by atoms with Crippen molar-refractivity contribution in [1.82, 2.24) is 9.97 Å². The van der Waals surface area contributed by atoms with Gasteiger partial charge in [0, 0.05) is 17.7 Å². The lowest BCUT2D eigenvalue weighted by atomic mass is 9.98. The summed E-state index contributed by atoms with van der Waals surface area (Å²) in [6.45, 7) is 0. The van der Waals surface area contributed by atoms with Crippen LogP contribution in [-0.4, -0.2) is 20.2 Å². The van der Waals surface area contributed by atoms with Crippen LogP contribution >= 0.6 is 12.4 Å². The molecule has 1 aliphatic rings. The third kappa shape index (κ3) is 1.74. The summed E-state index contributed by atoms with van der Waals surface area (Å²) in [5, 5.41) is 19.2. The van der Waals surface area contributed by atoms with Crippen molar-refractivity contribution >= 4 is 12.4 Å². The molecule has 5 heteroatoms. The van der Waals surface area contributed by atoms with E-state index in [1.807, 2.05) is 12.3 Å². The first-order valence-electron chi connectivity index (χ1n) is 5.29. The zero-order chi connectivity index (χ0) is 11.1. The molecule has 1 aliphatic carbocycles. The second kappa shape index (κ2) is 4.30. The van der Waals surface area contributed by atoms with Crippen molar-refractivity contribution in [2.24, 2.45) is 0 Å². The third-order valence-corrected chi connectivity index (χ3v) is 3.23. The summed E-state index contributed by atoms with van der Waals surface area (Å²) < 4.78 is 0. The van der Waals surface area contributed by atoms with Crippen molar-refractivity contribution < 1.29 is 10.2 Å². The topological polar surface area (TPSA) is 69.1 Å². The molecule has 0 aliphatic heterocycles. The van der Waals surface area contributed by atoms with Crippen LogP contribution in [-0.2, 0) is 6.42 Å². The number of aromatic amines is 1. The van der Waals surface area contributed by atoms with Crippen LogP contribution in [0.4, 0.5) is 0 Å². The van der Waals surface area contributed by atoms with Crippen LogP contribution < -0.4 is 0 Å². The summed E-state index contributed by atoms with van der Waals surface area (Å²) in [6, 6.07) is 3.41. The van der Waals surface area contributed by atoms with E-state index in [9.17, 15) is 10.2 Å². The average Bonchev–Trinajstić information content (AvgIpc) is 2.91. The number of nitrogens with one attached hydrogen (secondary N) is 1. The predicted molar refractivity (Wildman–Crippen MR) is 65.8 cm³/mol. The lowest BCUT2D eigenvalue weighted by Gasteiger charge is -2.09. The Bertz CT molecular complexity index is 526. The van der Waals surface area contributed by atoms with Crippen molar-refractivity contribution in [1.29, 1.82) is 0 Å². The van der Waals surface area contributed by atoms with Crippen molar-refractivity contribution in [3.05, 3.63) is 41.5 Å². The van der Waals surface area contributed by atoms with Crippen LogP contribution in [0.2, 0.25) is 0 Å². The summed E-state index contributed by atoms with van der Waals surface area (Å²) in [4.78, 5) is 7.19. The molecule has 1 atom stereocenters. The Morgan fingerprint density at radius 3 is 2.82 bits per heavy atom. The van der Waals surface area contributed by atoms with E-state index in [1.54, 1.807) is 12.4 Å². The number of aromatic nitrogens is 2. The maximum absolute atomic E-state index is 9.76. The molecule has 0 fully saturated rings. The molecule has 1 unspecified atom stereocenters. The highest BCUT2D eigenvalue weighted by molar-refractivity contribution is 5.85. The zero-order valence-electron chi connectivity index (χ0n) is 9.05. The van der Waals surface area contributed by atoms with E-state index in [1.165, 1.54) is 0 Å². The largest absolute Gasteiger partial charge is 0.504 e. The summed E-state index contributed by atoms with van der Waals surface area (Å²) in [6.07, 6.45) is 5.25. The molecule has 0 spiro atoms. The van der Waals surface area contributed by atoms with Crippen molar-refractivity contribution in [2.45, 2.75) is 18.8 Å². The molecule has 90 valence electrons. The lowest BCUT2D eigenvalue weighted by Crippen LogP contribution is -1.96. The maximum Gasteiger partial charge on any atom is 0.160 e. The van der Waals surface area contributed by atoms with Gasteiger partial charge in [0.15, 0.2) is 11.5 Å². The Kier molecular flexibility index (Phi) is 2.98. The molecular formula is C12H13ClN2O2. The Labute approximate surface area is 105 Å². The Morgan fingerprint density at radius 2 is 2.12 bits per heavy atom. The monoisotopic (exact) mass is 252 g/mol. The zero-order valence-corrected chi connectivity index (χ0v) is 9.87. The Hall–Kier alpha value is -1.68. The van der Waals surface area contributed by atoms with Gasteiger partial charge in [-0.05, 0) is 24.5 Å². The van der Waals surface area contributed by atoms with Crippen molar-refractivity contribution in [2.75, 3.05) is 0 Å². The Balaban J connectivity index is 0.00000108. The van der Waals surface area contributed by atoms with E-state index < -0.39 is 0 Å². The van der Waals surface area contributed by atoms with Crippen LogP contribution in [0.25, 0.3) is 0 Å². The minimum atomic E-state index is -0.0403. The quantitative estimate of drug-likeness (QED) is 0.683. The van der Waals surface area contributed by atoms with Crippen LogP contribution in [0.1, 0.15) is 29.2 Å². The molecule has 3 rings (SSSR count). The van der Waals surface area contributed by atoms with E-state index in [0.29, 0.717) is 0 Å². The average molecular weight is 253 g/mol. The normalized spacial score (nSPS) is 17.5. The number of phenols is 2. The standard InChI is InChI=1S/C12H12N2O2.ClH/c15-11-4-3-7-8(10-5-13-6-14-10)1-2-9(7)12(11)16;/h3-6,8,15-16H,1-2H2,(H,13,14);1H. The van der Waals surface area contributed by atoms with E-state index in [4.69, 9.17) is 0 Å². The smallest absolute Gasteiger partial charge is 0.160 e. The highest BCUT2D eigenvalue weighted by Crippen LogP contribution is 2.44. The van der Waals surface area contributed by atoms with E-state index in [2.05, 4.69) is 9.97 Å². The molecule has 0 bridgehead atoms.